The zero-order chi connectivity index (χ0) is 19.5. The van der Waals surface area contributed by atoms with Gasteiger partial charge in [0, 0.05) is 24.7 Å². The summed E-state index contributed by atoms with van der Waals surface area (Å²) in [5.74, 6) is 0.893. The third-order valence-electron chi connectivity index (χ3n) is 5.19. The van der Waals surface area contributed by atoms with Crippen molar-refractivity contribution in [2.45, 2.75) is 32.4 Å². The van der Waals surface area contributed by atoms with Crippen LogP contribution in [0, 0.1) is 11.8 Å². The van der Waals surface area contributed by atoms with Crippen LogP contribution < -0.4 is 5.32 Å². The fourth-order valence-electron chi connectivity index (χ4n) is 3.62. The van der Waals surface area contributed by atoms with E-state index >= 15 is 0 Å². The second kappa shape index (κ2) is 7.93. The number of aliphatic hydroxyl groups is 1. The highest BCUT2D eigenvalue weighted by molar-refractivity contribution is 5.92. The maximum absolute atomic E-state index is 12.3. The van der Waals surface area contributed by atoms with E-state index in [4.69, 9.17) is 4.52 Å². The van der Waals surface area contributed by atoms with Crippen molar-refractivity contribution in [1.29, 1.82) is 0 Å². The van der Waals surface area contributed by atoms with Crippen molar-refractivity contribution in [3.63, 3.8) is 0 Å². The van der Waals surface area contributed by atoms with Crippen LogP contribution in [-0.4, -0.2) is 37.7 Å². The van der Waals surface area contributed by atoms with Gasteiger partial charge in [-0.1, -0.05) is 40.7 Å². The monoisotopic (exact) mass is 381 g/mol. The molecule has 4 rings (SSSR count). The number of aliphatic hydroxyl groups excluding tert-OH is 1. The van der Waals surface area contributed by atoms with E-state index < -0.39 is 6.10 Å². The predicted octanol–water partition coefficient (Wildman–Crippen LogP) is 2.44. The zero-order valence-electron chi connectivity index (χ0n) is 15.7. The van der Waals surface area contributed by atoms with Crippen molar-refractivity contribution in [2.24, 2.45) is 11.8 Å². The molecule has 1 aromatic carbocycles. The average Bonchev–Trinajstić information content (AvgIpc) is 3.33. The average molecular weight is 381 g/mol. The molecule has 0 aliphatic heterocycles. The molecule has 146 valence electrons. The van der Waals surface area contributed by atoms with Crippen molar-refractivity contribution in [3.05, 3.63) is 54.0 Å². The lowest BCUT2D eigenvalue weighted by Gasteiger charge is -2.35. The molecule has 28 heavy (non-hydrogen) atoms. The smallest absolute Gasteiger partial charge is 0.289 e. The van der Waals surface area contributed by atoms with Crippen molar-refractivity contribution < 1.29 is 14.4 Å². The van der Waals surface area contributed by atoms with E-state index in [1.165, 1.54) is 0 Å². The lowest BCUT2D eigenvalue weighted by molar-refractivity contribution is 0.0877. The number of amides is 1. The van der Waals surface area contributed by atoms with Gasteiger partial charge in [0.2, 0.25) is 5.76 Å². The van der Waals surface area contributed by atoms with E-state index in [0.717, 1.165) is 30.6 Å². The summed E-state index contributed by atoms with van der Waals surface area (Å²) < 4.78 is 6.95. The molecule has 1 amide bonds. The summed E-state index contributed by atoms with van der Waals surface area (Å²) in [6, 6.07) is 11.3. The minimum Gasteiger partial charge on any atom is -0.387 e. The highest BCUT2D eigenvalue weighted by atomic mass is 16.5. The Morgan fingerprint density at radius 2 is 2.11 bits per heavy atom. The van der Waals surface area contributed by atoms with E-state index in [0.29, 0.717) is 24.1 Å². The Hall–Kier alpha value is -3.00. The standard InChI is InChI=1S/C20H23N5O3/c1-13(26)18-11-22-24-25(18)12-15-7-14(8-15)10-21-20(27)19-9-17(23-28-19)16-5-3-2-4-6-16/h2-6,9,11,13-15,26H,7-8,10,12H2,1H3,(H,21,27)/t13-,14?,15?/m1/s1. The van der Waals surface area contributed by atoms with Gasteiger partial charge in [-0.05, 0) is 31.6 Å². The number of benzene rings is 1. The molecule has 1 saturated carbocycles. The lowest BCUT2D eigenvalue weighted by atomic mass is 9.75. The Morgan fingerprint density at radius 3 is 2.86 bits per heavy atom. The molecule has 3 aromatic rings. The molecule has 0 spiro atoms. The Bertz CT molecular complexity index is 928. The Labute approximate surface area is 162 Å². The summed E-state index contributed by atoms with van der Waals surface area (Å²) in [6.07, 6.45) is 3.03. The summed E-state index contributed by atoms with van der Waals surface area (Å²) in [7, 11) is 0. The number of hydrogen-bond acceptors (Lipinski definition) is 6. The van der Waals surface area contributed by atoms with Gasteiger partial charge >= 0.3 is 0 Å². The summed E-state index contributed by atoms with van der Waals surface area (Å²) in [6.45, 7) is 3.06. The van der Waals surface area contributed by atoms with E-state index in [-0.39, 0.29) is 11.7 Å². The number of carbonyl (C=O) groups is 1. The number of carbonyl (C=O) groups excluding carboxylic acids is 1. The molecule has 2 N–H and O–H groups in total. The van der Waals surface area contributed by atoms with E-state index in [2.05, 4.69) is 20.8 Å². The van der Waals surface area contributed by atoms with Crippen molar-refractivity contribution >= 4 is 5.91 Å². The highest BCUT2D eigenvalue weighted by Gasteiger charge is 2.31. The molecule has 1 atom stereocenters. The van der Waals surface area contributed by atoms with Gasteiger partial charge in [-0.3, -0.25) is 4.79 Å². The second-order valence-corrected chi connectivity index (χ2v) is 7.37. The molecular weight excluding hydrogens is 358 g/mol. The zero-order valence-corrected chi connectivity index (χ0v) is 15.7. The SMILES string of the molecule is C[C@@H](O)c1cnnn1CC1CC(CNC(=O)c2cc(-c3ccccc3)no2)C1. The predicted molar refractivity (Wildman–Crippen MR) is 101 cm³/mol. The van der Waals surface area contributed by atoms with Crippen molar-refractivity contribution in [3.8, 4) is 11.3 Å². The fraction of sp³-hybridized carbons (Fsp3) is 0.400. The van der Waals surface area contributed by atoms with Gasteiger partial charge in [0.15, 0.2) is 0 Å². The Morgan fingerprint density at radius 1 is 1.32 bits per heavy atom. The molecule has 8 nitrogen and oxygen atoms in total. The maximum atomic E-state index is 12.3. The summed E-state index contributed by atoms with van der Waals surface area (Å²) >= 11 is 0. The third kappa shape index (κ3) is 3.96. The van der Waals surface area contributed by atoms with Gasteiger partial charge in [0.25, 0.3) is 5.91 Å². The van der Waals surface area contributed by atoms with Gasteiger partial charge in [-0.2, -0.15) is 0 Å². The maximum Gasteiger partial charge on any atom is 0.289 e. The van der Waals surface area contributed by atoms with Crippen LogP contribution >= 0.6 is 0 Å². The number of aromatic nitrogens is 4. The number of hydrogen-bond donors (Lipinski definition) is 2. The molecule has 2 heterocycles. The number of rotatable bonds is 7. The molecular formula is C20H23N5O3. The Kier molecular flexibility index (Phi) is 5.21. The molecule has 0 radical (unpaired) electrons. The largest absolute Gasteiger partial charge is 0.387 e. The first-order chi connectivity index (χ1) is 13.6. The van der Waals surface area contributed by atoms with Crippen LogP contribution in [0.15, 0.2) is 47.1 Å². The molecule has 1 fully saturated rings. The normalized spacial score (nSPS) is 19.8. The minimum absolute atomic E-state index is 0.221. The lowest BCUT2D eigenvalue weighted by Crippen LogP contribution is -2.37. The molecule has 8 heteroatoms. The topological polar surface area (TPSA) is 106 Å². The van der Waals surface area contributed by atoms with Crippen LogP contribution in [0.25, 0.3) is 11.3 Å². The summed E-state index contributed by atoms with van der Waals surface area (Å²) in [4.78, 5) is 12.3. The van der Waals surface area contributed by atoms with Crippen molar-refractivity contribution in [1.82, 2.24) is 25.5 Å². The molecule has 0 bridgehead atoms. The number of nitrogens with zero attached hydrogens (tertiary/aromatic N) is 4. The molecule has 1 aliphatic rings. The number of nitrogens with one attached hydrogen (secondary N) is 1. The van der Waals surface area contributed by atoms with Gasteiger partial charge in [-0.25, -0.2) is 4.68 Å². The summed E-state index contributed by atoms with van der Waals surface area (Å²) in [5.41, 5.74) is 2.30. The molecule has 0 saturated heterocycles. The van der Waals surface area contributed by atoms with Gasteiger partial charge in [0.1, 0.15) is 5.69 Å². The van der Waals surface area contributed by atoms with Crippen LogP contribution in [0.2, 0.25) is 0 Å². The van der Waals surface area contributed by atoms with Crippen LogP contribution in [0.4, 0.5) is 0 Å². The molecule has 1 aliphatic carbocycles. The van der Waals surface area contributed by atoms with E-state index in [1.807, 2.05) is 30.3 Å². The van der Waals surface area contributed by atoms with E-state index in [9.17, 15) is 9.90 Å². The second-order valence-electron chi connectivity index (χ2n) is 7.37. The Balaban J connectivity index is 1.23. The van der Waals surface area contributed by atoms with Crippen molar-refractivity contribution in [2.75, 3.05) is 6.54 Å². The highest BCUT2D eigenvalue weighted by Crippen LogP contribution is 2.34. The van der Waals surface area contributed by atoms with Gasteiger partial charge in [-0.15, -0.1) is 5.10 Å². The van der Waals surface area contributed by atoms with Crippen LogP contribution in [0.5, 0.6) is 0 Å². The van der Waals surface area contributed by atoms with Gasteiger partial charge in [0.05, 0.1) is 18.0 Å². The van der Waals surface area contributed by atoms with Crippen LogP contribution in [0.1, 0.15) is 42.1 Å². The van der Waals surface area contributed by atoms with Gasteiger partial charge < -0.3 is 14.9 Å². The first kappa shape index (κ1) is 18.4. The first-order valence-electron chi connectivity index (χ1n) is 9.47. The van der Waals surface area contributed by atoms with E-state index in [1.54, 1.807) is 23.9 Å². The third-order valence-corrected chi connectivity index (χ3v) is 5.19. The molecule has 2 aromatic heterocycles. The van der Waals surface area contributed by atoms with Crippen LogP contribution in [-0.2, 0) is 6.54 Å². The fourth-order valence-corrected chi connectivity index (χ4v) is 3.62. The minimum atomic E-state index is -0.576. The molecule has 0 unspecified atom stereocenters. The quantitative estimate of drug-likeness (QED) is 0.651. The summed E-state index contributed by atoms with van der Waals surface area (Å²) in [5, 5.41) is 24.5. The van der Waals surface area contributed by atoms with Crippen LogP contribution in [0.3, 0.4) is 0 Å². The first-order valence-corrected chi connectivity index (χ1v) is 9.47.